The minimum absolute atomic E-state index is 0.0721. The van der Waals surface area contributed by atoms with E-state index in [4.69, 9.17) is 33.5 Å². The van der Waals surface area contributed by atoms with Gasteiger partial charge in [-0.15, -0.1) is 0 Å². The molecule has 6 N–H and O–H groups in total. The topological polar surface area (TPSA) is 129 Å². The van der Waals surface area contributed by atoms with Gasteiger partial charge in [0.25, 0.3) is 0 Å². The number of pyridine rings is 1. The van der Waals surface area contributed by atoms with Crippen LogP contribution in [-0.2, 0) is 4.74 Å². The summed E-state index contributed by atoms with van der Waals surface area (Å²) in [6.07, 6.45) is 5.42. The van der Waals surface area contributed by atoms with Crippen molar-refractivity contribution in [2.24, 2.45) is 11.1 Å². The molecular formula is C18H24ClN7OS. The monoisotopic (exact) mass is 421 g/mol. The maximum atomic E-state index is 6.39. The molecule has 0 bridgehead atoms. The van der Waals surface area contributed by atoms with Crippen LogP contribution in [0.1, 0.15) is 19.8 Å². The molecule has 0 radical (unpaired) electrons. The minimum atomic E-state index is 0.0721. The van der Waals surface area contributed by atoms with Crippen molar-refractivity contribution >= 4 is 40.8 Å². The SMILES string of the molecule is CC1OCC2(CCN(c3cnc(Sc4ccnc(N)c4Cl)c(N)n3)CC2)C1N. The number of ether oxygens (including phenoxy) is 1. The van der Waals surface area contributed by atoms with Crippen molar-refractivity contribution in [1.82, 2.24) is 15.0 Å². The van der Waals surface area contributed by atoms with Crippen molar-refractivity contribution in [2.45, 2.75) is 41.8 Å². The molecule has 0 amide bonds. The maximum absolute atomic E-state index is 6.39. The van der Waals surface area contributed by atoms with Gasteiger partial charge in [0.1, 0.15) is 16.7 Å². The number of anilines is 3. The summed E-state index contributed by atoms with van der Waals surface area (Å²) < 4.78 is 5.79. The summed E-state index contributed by atoms with van der Waals surface area (Å²) in [6.45, 7) is 4.51. The molecule has 2 fully saturated rings. The highest BCUT2D eigenvalue weighted by atomic mass is 35.5. The number of halogens is 1. The van der Waals surface area contributed by atoms with Crippen molar-refractivity contribution in [3.05, 3.63) is 23.5 Å². The third-order valence-corrected chi connectivity index (χ3v) is 7.35. The largest absolute Gasteiger partial charge is 0.382 e. The van der Waals surface area contributed by atoms with E-state index in [-0.39, 0.29) is 23.4 Å². The van der Waals surface area contributed by atoms with E-state index in [1.54, 1.807) is 18.5 Å². The van der Waals surface area contributed by atoms with Gasteiger partial charge in [0.05, 0.1) is 23.9 Å². The molecule has 2 unspecified atom stereocenters. The smallest absolute Gasteiger partial charge is 0.158 e. The highest BCUT2D eigenvalue weighted by molar-refractivity contribution is 7.99. The Kier molecular flexibility index (Phi) is 5.26. The van der Waals surface area contributed by atoms with Crippen molar-refractivity contribution in [2.75, 3.05) is 36.1 Å². The van der Waals surface area contributed by atoms with Crippen molar-refractivity contribution < 1.29 is 4.74 Å². The minimum Gasteiger partial charge on any atom is -0.382 e. The van der Waals surface area contributed by atoms with Gasteiger partial charge >= 0.3 is 0 Å². The van der Waals surface area contributed by atoms with Gasteiger partial charge in [-0.1, -0.05) is 23.4 Å². The molecule has 4 rings (SSSR count). The van der Waals surface area contributed by atoms with E-state index >= 15 is 0 Å². The van der Waals surface area contributed by atoms with Gasteiger partial charge in [-0.05, 0) is 25.8 Å². The molecule has 2 saturated heterocycles. The number of piperidine rings is 1. The van der Waals surface area contributed by atoms with Crippen LogP contribution in [0.2, 0.25) is 5.02 Å². The Labute approximate surface area is 173 Å². The molecule has 2 aliphatic heterocycles. The lowest BCUT2D eigenvalue weighted by Crippen LogP contribution is -2.50. The van der Waals surface area contributed by atoms with E-state index in [2.05, 4.69) is 26.8 Å². The first-order chi connectivity index (χ1) is 13.4. The molecule has 1 spiro atoms. The van der Waals surface area contributed by atoms with E-state index in [0.29, 0.717) is 15.9 Å². The Morgan fingerprint density at radius 1 is 1.25 bits per heavy atom. The van der Waals surface area contributed by atoms with Crippen LogP contribution in [0.5, 0.6) is 0 Å². The van der Waals surface area contributed by atoms with Gasteiger partial charge in [0.2, 0.25) is 0 Å². The molecule has 0 aliphatic carbocycles. The van der Waals surface area contributed by atoms with Gasteiger partial charge in [-0.3, -0.25) is 0 Å². The third kappa shape index (κ3) is 3.47. The van der Waals surface area contributed by atoms with Crippen LogP contribution in [0, 0.1) is 5.41 Å². The van der Waals surface area contributed by atoms with Gasteiger partial charge in [0, 0.05) is 35.6 Å². The molecule has 2 aliphatic rings. The molecule has 0 aromatic carbocycles. The van der Waals surface area contributed by atoms with Gasteiger partial charge in [-0.2, -0.15) is 0 Å². The molecule has 4 heterocycles. The molecule has 10 heteroatoms. The van der Waals surface area contributed by atoms with E-state index in [1.807, 2.05) is 0 Å². The first-order valence-electron chi connectivity index (χ1n) is 9.22. The average molecular weight is 422 g/mol. The van der Waals surface area contributed by atoms with Crippen molar-refractivity contribution in [3.63, 3.8) is 0 Å². The zero-order valence-corrected chi connectivity index (χ0v) is 17.2. The van der Waals surface area contributed by atoms with Gasteiger partial charge in [-0.25, -0.2) is 15.0 Å². The second-order valence-electron chi connectivity index (χ2n) is 7.42. The van der Waals surface area contributed by atoms with Crippen LogP contribution in [0.4, 0.5) is 17.5 Å². The van der Waals surface area contributed by atoms with Crippen molar-refractivity contribution in [3.8, 4) is 0 Å². The molecule has 150 valence electrons. The highest BCUT2D eigenvalue weighted by Gasteiger charge is 2.47. The summed E-state index contributed by atoms with van der Waals surface area (Å²) in [5.41, 5.74) is 18.4. The zero-order chi connectivity index (χ0) is 19.9. The lowest BCUT2D eigenvalue weighted by Gasteiger charge is -2.41. The average Bonchev–Trinajstić information content (AvgIpc) is 2.96. The summed E-state index contributed by atoms with van der Waals surface area (Å²) in [6, 6.07) is 1.86. The fraction of sp³-hybridized carbons (Fsp3) is 0.500. The van der Waals surface area contributed by atoms with Crippen LogP contribution in [0.15, 0.2) is 28.4 Å². The van der Waals surface area contributed by atoms with Crippen LogP contribution >= 0.6 is 23.4 Å². The first kappa shape index (κ1) is 19.5. The Balaban J connectivity index is 1.46. The van der Waals surface area contributed by atoms with Crippen LogP contribution in [0.3, 0.4) is 0 Å². The lowest BCUT2D eigenvalue weighted by atomic mass is 9.73. The number of rotatable bonds is 3. The number of hydrogen-bond acceptors (Lipinski definition) is 9. The molecule has 0 saturated carbocycles. The van der Waals surface area contributed by atoms with Gasteiger partial charge < -0.3 is 26.8 Å². The summed E-state index contributed by atoms with van der Waals surface area (Å²) in [4.78, 5) is 16.0. The standard InChI is InChI=1S/C18H24ClN7OS/c1-10-14(20)18(9-27-10)3-6-26(7-4-18)12-8-24-17(16(22)25-12)28-11-2-5-23-15(21)13(11)19/h2,5,8,10,14H,3-4,6-7,9,20H2,1H3,(H2,21,23)(H2,22,25). The zero-order valence-electron chi connectivity index (χ0n) is 15.6. The molecule has 8 nitrogen and oxygen atoms in total. The van der Waals surface area contributed by atoms with E-state index in [9.17, 15) is 0 Å². The second-order valence-corrected chi connectivity index (χ2v) is 8.83. The Hall–Kier alpha value is -1.81. The van der Waals surface area contributed by atoms with E-state index in [0.717, 1.165) is 43.3 Å². The summed E-state index contributed by atoms with van der Waals surface area (Å²) in [5, 5.41) is 0.980. The van der Waals surface area contributed by atoms with Crippen LogP contribution in [-0.4, -0.2) is 46.8 Å². The molecule has 2 aromatic heterocycles. The van der Waals surface area contributed by atoms with E-state index < -0.39 is 0 Å². The fourth-order valence-corrected chi connectivity index (χ4v) is 4.91. The number of nitrogens with two attached hydrogens (primary N) is 3. The van der Waals surface area contributed by atoms with Crippen LogP contribution in [0.25, 0.3) is 0 Å². The summed E-state index contributed by atoms with van der Waals surface area (Å²) in [5.74, 6) is 1.42. The maximum Gasteiger partial charge on any atom is 0.158 e. The predicted molar refractivity (Wildman–Crippen MR) is 111 cm³/mol. The lowest BCUT2D eigenvalue weighted by molar-refractivity contribution is 0.0974. The second kappa shape index (κ2) is 7.55. The number of hydrogen-bond donors (Lipinski definition) is 3. The molecular weight excluding hydrogens is 398 g/mol. The Bertz CT molecular complexity index is 875. The molecule has 28 heavy (non-hydrogen) atoms. The highest BCUT2D eigenvalue weighted by Crippen LogP contribution is 2.42. The van der Waals surface area contributed by atoms with Gasteiger partial charge in [0.15, 0.2) is 5.82 Å². The third-order valence-electron chi connectivity index (χ3n) is 5.77. The Morgan fingerprint density at radius 3 is 2.64 bits per heavy atom. The van der Waals surface area contributed by atoms with Crippen LogP contribution < -0.4 is 22.1 Å². The number of nitrogens with zero attached hydrogens (tertiary/aromatic N) is 4. The quantitative estimate of drug-likeness (QED) is 0.682. The van der Waals surface area contributed by atoms with Crippen molar-refractivity contribution in [1.29, 1.82) is 0 Å². The predicted octanol–water partition coefficient (Wildman–Crippen LogP) is 2.17. The number of nitrogen functional groups attached to an aromatic ring is 2. The molecule has 2 aromatic rings. The molecule has 2 atom stereocenters. The first-order valence-corrected chi connectivity index (χ1v) is 10.4. The summed E-state index contributed by atoms with van der Waals surface area (Å²) >= 11 is 7.53. The van der Waals surface area contributed by atoms with E-state index in [1.165, 1.54) is 11.8 Å². The number of aromatic nitrogens is 3. The summed E-state index contributed by atoms with van der Waals surface area (Å²) in [7, 11) is 0. The Morgan fingerprint density at radius 2 is 2.00 bits per heavy atom. The normalized spacial score (nSPS) is 24.0. The fourth-order valence-electron chi connectivity index (χ4n) is 3.89.